The highest BCUT2D eigenvalue weighted by Gasteiger charge is 2.22. The zero-order valence-corrected chi connectivity index (χ0v) is 13.6. The van der Waals surface area contributed by atoms with E-state index < -0.39 is 22.8 Å². The van der Waals surface area contributed by atoms with Gasteiger partial charge in [0, 0.05) is 12.2 Å². The molecule has 1 atom stereocenters. The topological polar surface area (TPSA) is 126 Å². The Kier molecular flexibility index (Phi) is 7.32. The van der Waals surface area contributed by atoms with Gasteiger partial charge in [0.1, 0.15) is 12.2 Å². The van der Waals surface area contributed by atoms with Gasteiger partial charge in [-0.2, -0.15) is 12.6 Å². The number of rotatable bonds is 9. The van der Waals surface area contributed by atoms with Gasteiger partial charge in [0.2, 0.25) is 5.91 Å². The van der Waals surface area contributed by atoms with Crippen LogP contribution in [0.1, 0.15) is 13.3 Å². The lowest BCUT2D eigenvalue weighted by atomic mass is 10.3. The van der Waals surface area contributed by atoms with Crippen LogP contribution in [-0.2, 0) is 20.9 Å². The standard InChI is InChI=1S/C12H18N4O6S/c1-3-22-12(18)8(7-23)13-10(17)4-5-15-6-9(16(19)20)11(14-15)21-2/h6,8,23H,3-5,7H2,1-2H3,(H,13,17)/t8-/m0/s1. The third-order valence-electron chi connectivity index (χ3n) is 2.76. The Balaban J connectivity index is 2.59. The molecule has 0 saturated heterocycles. The van der Waals surface area contributed by atoms with Gasteiger partial charge in [-0.1, -0.05) is 0 Å². The van der Waals surface area contributed by atoms with Crippen molar-refractivity contribution in [2.75, 3.05) is 19.5 Å². The average molecular weight is 346 g/mol. The van der Waals surface area contributed by atoms with Gasteiger partial charge in [-0.15, -0.1) is 5.10 Å². The number of methoxy groups -OCH3 is 1. The monoisotopic (exact) mass is 346 g/mol. The summed E-state index contributed by atoms with van der Waals surface area (Å²) in [5.41, 5.74) is -0.285. The Morgan fingerprint density at radius 3 is 2.74 bits per heavy atom. The van der Waals surface area contributed by atoms with Crippen molar-refractivity contribution in [3.05, 3.63) is 16.3 Å². The van der Waals surface area contributed by atoms with E-state index in [9.17, 15) is 19.7 Å². The van der Waals surface area contributed by atoms with Crippen LogP contribution in [0.25, 0.3) is 0 Å². The number of carbonyl (C=O) groups excluding carboxylic acids is 2. The normalized spacial score (nSPS) is 11.6. The number of hydrogen-bond acceptors (Lipinski definition) is 8. The molecule has 1 rings (SSSR count). The molecule has 1 heterocycles. The lowest BCUT2D eigenvalue weighted by Gasteiger charge is -2.14. The molecule has 0 aromatic carbocycles. The number of nitrogens with one attached hydrogen (secondary N) is 1. The first-order valence-corrected chi connectivity index (χ1v) is 7.38. The molecular weight excluding hydrogens is 328 g/mol. The molecule has 0 saturated carbocycles. The van der Waals surface area contributed by atoms with Gasteiger partial charge in [0.25, 0.3) is 0 Å². The molecule has 0 spiro atoms. The molecule has 0 aliphatic heterocycles. The summed E-state index contributed by atoms with van der Waals surface area (Å²) in [7, 11) is 1.27. The van der Waals surface area contributed by atoms with Crippen molar-refractivity contribution >= 4 is 30.2 Å². The first kappa shape index (κ1) is 18.7. The average Bonchev–Trinajstić information content (AvgIpc) is 2.94. The second kappa shape index (κ2) is 8.98. The van der Waals surface area contributed by atoms with Crippen LogP contribution in [0.4, 0.5) is 5.69 Å². The highest BCUT2D eigenvalue weighted by Crippen LogP contribution is 2.23. The van der Waals surface area contributed by atoms with Crippen LogP contribution >= 0.6 is 12.6 Å². The van der Waals surface area contributed by atoms with Gasteiger partial charge >= 0.3 is 17.5 Å². The van der Waals surface area contributed by atoms with Crippen LogP contribution in [0, 0.1) is 10.1 Å². The second-order valence-electron chi connectivity index (χ2n) is 4.35. The minimum absolute atomic E-state index is 0.0222. The number of nitro groups is 1. The van der Waals surface area contributed by atoms with Gasteiger partial charge in [0.05, 0.1) is 25.2 Å². The van der Waals surface area contributed by atoms with Crippen molar-refractivity contribution in [3.8, 4) is 5.88 Å². The largest absolute Gasteiger partial charge is 0.475 e. The molecule has 10 nitrogen and oxygen atoms in total. The fourth-order valence-electron chi connectivity index (χ4n) is 1.68. The molecule has 128 valence electrons. The van der Waals surface area contributed by atoms with Crippen molar-refractivity contribution in [2.24, 2.45) is 0 Å². The summed E-state index contributed by atoms with van der Waals surface area (Å²) < 4.78 is 10.8. The van der Waals surface area contributed by atoms with Crippen LogP contribution in [0.5, 0.6) is 5.88 Å². The number of hydrogen-bond donors (Lipinski definition) is 2. The van der Waals surface area contributed by atoms with Crippen molar-refractivity contribution in [2.45, 2.75) is 25.9 Å². The maximum atomic E-state index is 11.8. The van der Waals surface area contributed by atoms with E-state index in [0.717, 1.165) is 0 Å². The lowest BCUT2D eigenvalue weighted by Crippen LogP contribution is -2.43. The maximum absolute atomic E-state index is 11.8. The number of nitrogens with zero attached hydrogens (tertiary/aromatic N) is 3. The molecule has 23 heavy (non-hydrogen) atoms. The molecule has 0 bridgehead atoms. The van der Waals surface area contributed by atoms with Crippen LogP contribution in [-0.4, -0.2) is 52.1 Å². The van der Waals surface area contributed by atoms with Crippen LogP contribution in [0.2, 0.25) is 0 Å². The summed E-state index contributed by atoms with van der Waals surface area (Å²) in [4.78, 5) is 33.5. The van der Waals surface area contributed by atoms with E-state index in [1.165, 1.54) is 18.0 Å². The van der Waals surface area contributed by atoms with E-state index in [1.54, 1.807) is 6.92 Å². The number of aryl methyl sites for hydroxylation is 1. The molecule has 11 heteroatoms. The summed E-state index contributed by atoms with van der Waals surface area (Å²) in [6.45, 7) is 1.96. The Hall–Kier alpha value is -2.30. The third-order valence-corrected chi connectivity index (χ3v) is 3.12. The summed E-state index contributed by atoms with van der Waals surface area (Å²) in [5.74, 6) is -1.01. The molecule has 0 unspecified atom stereocenters. The zero-order valence-electron chi connectivity index (χ0n) is 12.7. The molecule has 0 radical (unpaired) electrons. The van der Waals surface area contributed by atoms with Gasteiger partial charge in [-0.25, -0.2) is 4.79 Å². The predicted molar refractivity (Wildman–Crippen MR) is 82.5 cm³/mol. The molecular formula is C12H18N4O6S. The zero-order chi connectivity index (χ0) is 17.4. The number of aromatic nitrogens is 2. The Morgan fingerprint density at radius 1 is 1.57 bits per heavy atom. The van der Waals surface area contributed by atoms with Gasteiger partial charge < -0.3 is 14.8 Å². The summed E-state index contributed by atoms with van der Waals surface area (Å²) in [5, 5.41) is 17.1. The number of ether oxygens (including phenoxy) is 2. The predicted octanol–water partition coefficient (Wildman–Crippen LogP) is 0.168. The number of thiol groups is 1. The highest BCUT2D eigenvalue weighted by atomic mass is 32.1. The van der Waals surface area contributed by atoms with Crippen molar-refractivity contribution in [1.29, 1.82) is 0 Å². The lowest BCUT2D eigenvalue weighted by molar-refractivity contribution is -0.385. The van der Waals surface area contributed by atoms with Crippen molar-refractivity contribution in [1.82, 2.24) is 15.1 Å². The number of amides is 1. The van der Waals surface area contributed by atoms with Crippen LogP contribution in [0.15, 0.2) is 6.20 Å². The van der Waals surface area contributed by atoms with E-state index in [1.807, 2.05) is 0 Å². The van der Waals surface area contributed by atoms with Crippen LogP contribution < -0.4 is 10.1 Å². The maximum Gasteiger partial charge on any atom is 0.350 e. The fraction of sp³-hybridized carbons (Fsp3) is 0.583. The first-order valence-electron chi connectivity index (χ1n) is 6.75. The quantitative estimate of drug-likeness (QED) is 0.282. The smallest absolute Gasteiger partial charge is 0.350 e. The fourth-order valence-corrected chi connectivity index (χ4v) is 1.92. The third kappa shape index (κ3) is 5.43. The summed E-state index contributed by atoms with van der Waals surface area (Å²) >= 11 is 3.99. The molecule has 1 amide bonds. The molecule has 0 aliphatic carbocycles. The Labute approximate surface area is 137 Å². The van der Waals surface area contributed by atoms with Gasteiger partial charge in [-0.3, -0.25) is 19.6 Å². The minimum atomic E-state index is -0.840. The van der Waals surface area contributed by atoms with E-state index in [0.29, 0.717) is 0 Å². The number of carbonyl (C=O) groups is 2. The minimum Gasteiger partial charge on any atom is -0.475 e. The summed E-state index contributed by atoms with van der Waals surface area (Å²) in [6, 6.07) is -0.840. The molecule has 0 fully saturated rings. The number of esters is 1. The SMILES string of the molecule is CCOC(=O)[C@H](CS)NC(=O)CCn1cc([N+](=O)[O-])c(OC)n1. The van der Waals surface area contributed by atoms with Crippen molar-refractivity contribution < 1.29 is 24.0 Å². The second-order valence-corrected chi connectivity index (χ2v) is 4.71. The summed E-state index contributed by atoms with van der Waals surface area (Å²) in [6.07, 6.45) is 1.15. The molecule has 1 aromatic heterocycles. The van der Waals surface area contributed by atoms with Crippen LogP contribution in [0.3, 0.4) is 0 Å². The van der Waals surface area contributed by atoms with E-state index in [4.69, 9.17) is 9.47 Å². The Morgan fingerprint density at radius 2 is 2.26 bits per heavy atom. The molecule has 0 aliphatic rings. The first-order chi connectivity index (χ1) is 10.9. The van der Waals surface area contributed by atoms with E-state index >= 15 is 0 Å². The Bertz CT molecular complexity index is 576. The van der Waals surface area contributed by atoms with Gasteiger partial charge in [0.15, 0.2) is 0 Å². The molecule has 1 aromatic rings. The van der Waals surface area contributed by atoms with Crippen molar-refractivity contribution in [3.63, 3.8) is 0 Å². The highest BCUT2D eigenvalue weighted by molar-refractivity contribution is 7.80. The molecule has 1 N–H and O–H groups in total. The van der Waals surface area contributed by atoms with Gasteiger partial charge in [-0.05, 0) is 6.92 Å². The van der Waals surface area contributed by atoms with E-state index in [-0.39, 0.29) is 36.9 Å². The van der Waals surface area contributed by atoms with E-state index in [2.05, 4.69) is 23.0 Å².